The second kappa shape index (κ2) is 7.89. The number of rotatable bonds is 3. The van der Waals surface area contributed by atoms with Crippen molar-refractivity contribution in [1.82, 2.24) is 15.2 Å². The molecule has 0 fully saturated rings. The van der Waals surface area contributed by atoms with Gasteiger partial charge in [0.25, 0.3) is 0 Å². The number of nitrogens with zero attached hydrogens (tertiary/aromatic N) is 4. The molecule has 1 amide bonds. The zero-order valence-electron chi connectivity index (χ0n) is 15.3. The van der Waals surface area contributed by atoms with E-state index in [1.807, 2.05) is 55.5 Å². The summed E-state index contributed by atoms with van der Waals surface area (Å²) in [5, 5.41) is 9.13. The van der Waals surface area contributed by atoms with Crippen LogP contribution in [0.15, 0.2) is 58.2 Å². The van der Waals surface area contributed by atoms with E-state index < -0.39 is 6.23 Å². The number of hydrogen-bond acceptors (Lipinski definition) is 6. The summed E-state index contributed by atoms with van der Waals surface area (Å²) in [6.45, 7) is 3.55. The summed E-state index contributed by atoms with van der Waals surface area (Å²) in [7, 11) is 0. The molecule has 0 spiro atoms. The molecule has 0 radical (unpaired) electrons. The summed E-state index contributed by atoms with van der Waals surface area (Å²) in [5.74, 6) is 1.06. The van der Waals surface area contributed by atoms with Gasteiger partial charge in [-0.1, -0.05) is 64.9 Å². The van der Waals surface area contributed by atoms with Crippen molar-refractivity contribution < 1.29 is 9.53 Å². The third-order valence-electron chi connectivity index (χ3n) is 4.26. The van der Waals surface area contributed by atoms with Crippen molar-refractivity contribution in [2.24, 2.45) is 0 Å². The number of fused-ring (bicyclic) bond motifs is 3. The van der Waals surface area contributed by atoms with E-state index in [1.54, 1.807) is 4.90 Å². The van der Waals surface area contributed by atoms with Crippen LogP contribution < -0.4 is 9.64 Å². The van der Waals surface area contributed by atoms with Crippen LogP contribution in [0.3, 0.4) is 0 Å². The zero-order chi connectivity index (χ0) is 19.7. The molecule has 142 valence electrons. The van der Waals surface area contributed by atoms with Crippen molar-refractivity contribution in [2.75, 3.05) is 10.7 Å². The Kier molecular flexibility index (Phi) is 5.32. The average molecular weight is 457 g/mol. The van der Waals surface area contributed by atoms with Crippen LogP contribution in [-0.4, -0.2) is 26.8 Å². The van der Waals surface area contributed by atoms with E-state index in [9.17, 15) is 4.79 Å². The number of amides is 1. The van der Waals surface area contributed by atoms with Crippen LogP contribution in [0, 0.1) is 0 Å². The van der Waals surface area contributed by atoms with Gasteiger partial charge in [0.15, 0.2) is 5.69 Å². The van der Waals surface area contributed by atoms with E-state index in [0.29, 0.717) is 22.4 Å². The normalized spacial score (nSPS) is 15.2. The highest BCUT2D eigenvalue weighted by Crippen LogP contribution is 2.43. The van der Waals surface area contributed by atoms with Gasteiger partial charge in [0.05, 0.1) is 5.69 Å². The number of carbonyl (C=O) groups is 1. The lowest BCUT2D eigenvalue weighted by molar-refractivity contribution is -0.118. The van der Waals surface area contributed by atoms with Gasteiger partial charge in [-0.2, -0.15) is 4.98 Å². The molecule has 2 aromatic carbocycles. The Morgan fingerprint density at radius 3 is 2.79 bits per heavy atom. The Morgan fingerprint density at radius 1 is 1.21 bits per heavy atom. The number of carbonyl (C=O) groups excluding carboxylic acids is 1. The summed E-state index contributed by atoms with van der Waals surface area (Å²) in [6.07, 6.45) is -0.673. The zero-order valence-corrected chi connectivity index (χ0v) is 17.7. The summed E-state index contributed by atoms with van der Waals surface area (Å²) in [4.78, 5) is 18.9. The molecule has 8 heteroatoms. The number of anilines is 1. The number of aromatic nitrogens is 3. The van der Waals surface area contributed by atoms with E-state index in [-0.39, 0.29) is 5.91 Å². The van der Waals surface area contributed by atoms with Crippen LogP contribution in [0.2, 0.25) is 0 Å². The molecule has 4 rings (SSSR count). The molecule has 28 heavy (non-hydrogen) atoms. The van der Waals surface area contributed by atoms with Crippen molar-refractivity contribution in [1.29, 1.82) is 0 Å². The van der Waals surface area contributed by atoms with E-state index in [2.05, 4.69) is 31.1 Å². The third-order valence-corrected chi connectivity index (χ3v) is 5.47. The molecule has 3 aromatic rings. The highest BCUT2D eigenvalue weighted by atomic mass is 79.9. The number of ether oxygens (including phenoxy) is 1. The molecule has 1 aromatic heterocycles. The molecule has 0 bridgehead atoms. The number of thioether (sulfide) groups is 1. The first-order valence-corrected chi connectivity index (χ1v) is 10.5. The van der Waals surface area contributed by atoms with Crippen LogP contribution in [0.5, 0.6) is 5.88 Å². The lowest BCUT2D eigenvalue weighted by Gasteiger charge is -2.30. The van der Waals surface area contributed by atoms with Crippen molar-refractivity contribution in [3.05, 3.63) is 58.6 Å². The van der Waals surface area contributed by atoms with E-state index in [4.69, 9.17) is 4.74 Å². The van der Waals surface area contributed by atoms with Gasteiger partial charge >= 0.3 is 0 Å². The molecule has 0 N–H and O–H groups in total. The summed E-state index contributed by atoms with van der Waals surface area (Å²) >= 11 is 4.99. The minimum absolute atomic E-state index is 0.138. The summed E-state index contributed by atoms with van der Waals surface area (Å²) in [6, 6.07) is 15.3. The topological polar surface area (TPSA) is 68.2 Å². The van der Waals surface area contributed by atoms with Gasteiger partial charge in [0.2, 0.25) is 23.2 Å². The first-order chi connectivity index (χ1) is 13.6. The molecule has 1 aliphatic rings. The molecule has 1 aliphatic heterocycles. The fraction of sp³-hybridized carbons (Fsp3) is 0.200. The fourth-order valence-electron chi connectivity index (χ4n) is 3.12. The van der Waals surface area contributed by atoms with Gasteiger partial charge in [-0.3, -0.25) is 9.69 Å². The van der Waals surface area contributed by atoms with Gasteiger partial charge < -0.3 is 4.74 Å². The Hall–Kier alpha value is -2.45. The predicted molar refractivity (Wildman–Crippen MR) is 112 cm³/mol. The largest absolute Gasteiger partial charge is 0.447 e. The molecular formula is C20H17BrN4O2S. The minimum atomic E-state index is -0.673. The maximum Gasteiger partial charge on any atom is 0.247 e. The Balaban J connectivity index is 1.95. The van der Waals surface area contributed by atoms with Crippen LogP contribution in [-0.2, 0) is 4.79 Å². The molecule has 6 nitrogen and oxygen atoms in total. The monoisotopic (exact) mass is 456 g/mol. The van der Waals surface area contributed by atoms with Gasteiger partial charge in [-0.05, 0) is 24.0 Å². The maximum atomic E-state index is 12.7. The lowest BCUT2D eigenvalue weighted by Crippen LogP contribution is -2.36. The Labute approximate surface area is 175 Å². The molecular weight excluding hydrogens is 440 g/mol. The average Bonchev–Trinajstić information content (AvgIpc) is 2.82. The second-order valence-corrected chi connectivity index (χ2v) is 8.26. The quantitative estimate of drug-likeness (QED) is 0.524. The van der Waals surface area contributed by atoms with Crippen LogP contribution in [0.25, 0.3) is 11.3 Å². The minimum Gasteiger partial charge on any atom is -0.447 e. The van der Waals surface area contributed by atoms with E-state index in [1.165, 1.54) is 18.7 Å². The number of hydrogen-bond donors (Lipinski definition) is 0. The number of halogens is 1. The Bertz CT molecular complexity index is 1050. The SMILES string of the molecule is CCSc1nnc2c(n1)O[C@H](c1cccc(Br)c1)N(C(C)=O)c1ccccc1-2. The van der Waals surface area contributed by atoms with E-state index in [0.717, 1.165) is 21.4 Å². The maximum absolute atomic E-state index is 12.7. The number of benzene rings is 2. The Morgan fingerprint density at radius 2 is 2.04 bits per heavy atom. The highest BCUT2D eigenvalue weighted by molar-refractivity contribution is 9.10. The molecule has 0 unspecified atom stereocenters. The first-order valence-electron chi connectivity index (χ1n) is 8.77. The van der Waals surface area contributed by atoms with Crippen molar-refractivity contribution in [2.45, 2.75) is 25.2 Å². The smallest absolute Gasteiger partial charge is 0.247 e. The summed E-state index contributed by atoms with van der Waals surface area (Å²) in [5.41, 5.74) is 2.83. The lowest BCUT2D eigenvalue weighted by atomic mass is 10.1. The van der Waals surface area contributed by atoms with Crippen LogP contribution in [0.4, 0.5) is 5.69 Å². The van der Waals surface area contributed by atoms with Crippen LogP contribution >= 0.6 is 27.7 Å². The molecule has 0 aliphatic carbocycles. The van der Waals surface area contributed by atoms with Crippen molar-refractivity contribution in [3.63, 3.8) is 0 Å². The van der Waals surface area contributed by atoms with Crippen molar-refractivity contribution in [3.8, 4) is 17.1 Å². The highest BCUT2D eigenvalue weighted by Gasteiger charge is 2.34. The summed E-state index contributed by atoms with van der Waals surface area (Å²) < 4.78 is 7.20. The second-order valence-electron chi connectivity index (χ2n) is 6.11. The molecule has 0 saturated carbocycles. The number of para-hydroxylation sites is 1. The standard InChI is InChI=1S/C20H17BrN4O2S/c1-3-28-20-22-18-17(23-24-20)15-9-4-5-10-16(15)25(12(2)26)19(27-18)13-7-6-8-14(21)11-13/h4-11,19H,3H2,1-2H3/t19-/m1/s1. The third kappa shape index (κ3) is 3.49. The molecule has 1 atom stereocenters. The van der Waals surface area contributed by atoms with Crippen molar-refractivity contribution >= 4 is 39.3 Å². The predicted octanol–water partition coefficient (Wildman–Crippen LogP) is 4.86. The van der Waals surface area contributed by atoms with Gasteiger partial charge in [-0.15, -0.1) is 10.2 Å². The molecule has 2 heterocycles. The first kappa shape index (κ1) is 18.9. The van der Waals surface area contributed by atoms with Gasteiger partial charge in [0.1, 0.15) is 0 Å². The van der Waals surface area contributed by atoms with Gasteiger partial charge in [-0.25, -0.2) is 0 Å². The van der Waals surface area contributed by atoms with E-state index >= 15 is 0 Å². The molecule has 0 saturated heterocycles. The van der Waals surface area contributed by atoms with Gasteiger partial charge in [0, 0.05) is 22.5 Å². The van der Waals surface area contributed by atoms with Crippen LogP contribution in [0.1, 0.15) is 25.6 Å². The fourth-order valence-corrected chi connectivity index (χ4v) is 4.04.